The number of carbonyl (C=O) groups is 2. The third-order valence-corrected chi connectivity index (χ3v) is 5.77. The zero-order valence-electron chi connectivity index (χ0n) is 19.9. The van der Waals surface area contributed by atoms with Gasteiger partial charge in [-0.15, -0.1) is 10.2 Å². The third kappa shape index (κ3) is 7.16. The number of rotatable bonds is 9. The highest BCUT2D eigenvalue weighted by atomic mass is 35.5. The molecule has 0 spiro atoms. The van der Waals surface area contributed by atoms with Crippen molar-refractivity contribution in [2.75, 3.05) is 18.0 Å². The van der Waals surface area contributed by atoms with E-state index in [1.807, 2.05) is 30.3 Å². The lowest BCUT2D eigenvalue weighted by atomic mass is 10.1. The summed E-state index contributed by atoms with van der Waals surface area (Å²) in [5.74, 6) is -0.800. The van der Waals surface area contributed by atoms with Crippen LogP contribution in [0.15, 0.2) is 78.9 Å². The van der Waals surface area contributed by atoms with Crippen LogP contribution in [0.4, 0.5) is 18.9 Å². The van der Waals surface area contributed by atoms with Crippen LogP contribution in [0.5, 0.6) is 0 Å². The van der Waals surface area contributed by atoms with Crippen LogP contribution in [-0.2, 0) is 28.7 Å². The molecule has 0 bridgehead atoms. The molecule has 1 aromatic heterocycles. The molecule has 38 heavy (non-hydrogen) atoms. The number of nitrogens with zero attached hydrogens (tertiary/aromatic N) is 5. The fourth-order valence-corrected chi connectivity index (χ4v) is 3.70. The molecule has 1 N–H and O–H groups in total. The zero-order valence-corrected chi connectivity index (χ0v) is 20.7. The van der Waals surface area contributed by atoms with E-state index in [0.717, 1.165) is 22.5 Å². The van der Waals surface area contributed by atoms with Gasteiger partial charge in [-0.25, -0.2) is 0 Å². The average Bonchev–Trinajstić information content (AvgIpc) is 3.36. The highest BCUT2D eigenvalue weighted by Crippen LogP contribution is 2.30. The van der Waals surface area contributed by atoms with Gasteiger partial charge < -0.3 is 10.2 Å². The van der Waals surface area contributed by atoms with Crippen molar-refractivity contribution in [1.29, 1.82) is 0 Å². The molecule has 0 aliphatic rings. The van der Waals surface area contributed by atoms with Crippen LogP contribution in [0.2, 0.25) is 5.02 Å². The first-order valence-electron chi connectivity index (χ1n) is 11.5. The minimum absolute atomic E-state index is 0.0585. The molecule has 0 aliphatic carbocycles. The third-order valence-electron chi connectivity index (χ3n) is 5.52. The Kier molecular flexibility index (Phi) is 8.37. The lowest BCUT2D eigenvalue weighted by Gasteiger charge is -2.22. The van der Waals surface area contributed by atoms with Crippen LogP contribution in [0.25, 0.3) is 11.4 Å². The standard InChI is InChI=1S/C26H22ClF3N6O2/c27-21-10-12-22(13-11-21)35(16-23(37)31-15-14-18-4-2-1-3-5-18)24(38)17-36-33-25(32-34-36)19-6-8-20(9-7-19)26(28,29)30/h1-13H,14-17H2,(H,31,37). The lowest BCUT2D eigenvalue weighted by Crippen LogP contribution is -2.43. The van der Waals surface area contributed by atoms with Crippen LogP contribution in [-0.4, -0.2) is 45.1 Å². The summed E-state index contributed by atoms with van der Waals surface area (Å²) in [6, 6.07) is 20.4. The summed E-state index contributed by atoms with van der Waals surface area (Å²) in [5, 5.41) is 15.1. The van der Waals surface area contributed by atoms with Crippen molar-refractivity contribution < 1.29 is 22.8 Å². The van der Waals surface area contributed by atoms with Gasteiger partial charge in [0, 0.05) is 22.8 Å². The fourth-order valence-electron chi connectivity index (χ4n) is 3.58. The first-order valence-corrected chi connectivity index (χ1v) is 11.9. The molecule has 12 heteroatoms. The van der Waals surface area contributed by atoms with Crippen LogP contribution in [0.3, 0.4) is 0 Å². The molecule has 0 aliphatic heterocycles. The van der Waals surface area contributed by atoms with Crippen molar-refractivity contribution in [2.24, 2.45) is 0 Å². The predicted molar refractivity (Wildman–Crippen MR) is 135 cm³/mol. The Morgan fingerprint density at radius 2 is 1.63 bits per heavy atom. The molecule has 8 nitrogen and oxygen atoms in total. The van der Waals surface area contributed by atoms with E-state index in [1.54, 1.807) is 24.3 Å². The number of benzene rings is 3. The molecule has 0 unspecified atom stereocenters. The van der Waals surface area contributed by atoms with Gasteiger partial charge in [-0.3, -0.25) is 9.59 Å². The van der Waals surface area contributed by atoms with Crippen molar-refractivity contribution >= 4 is 29.1 Å². The molecule has 0 radical (unpaired) electrons. The number of halogens is 4. The molecule has 0 atom stereocenters. The van der Waals surface area contributed by atoms with Gasteiger partial charge in [0.15, 0.2) is 0 Å². The molecule has 1 heterocycles. The van der Waals surface area contributed by atoms with E-state index in [4.69, 9.17) is 11.6 Å². The summed E-state index contributed by atoms with van der Waals surface area (Å²) in [7, 11) is 0. The molecule has 0 saturated heterocycles. The van der Waals surface area contributed by atoms with E-state index in [2.05, 4.69) is 20.7 Å². The SMILES string of the molecule is O=C(CN(C(=O)Cn1nnc(-c2ccc(C(F)(F)F)cc2)n1)c1ccc(Cl)cc1)NCCc1ccccc1. The monoisotopic (exact) mass is 542 g/mol. The summed E-state index contributed by atoms with van der Waals surface area (Å²) < 4.78 is 38.5. The van der Waals surface area contributed by atoms with Crippen LogP contribution < -0.4 is 10.2 Å². The quantitative estimate of drug-likeness (QED) is 0.338. The van der Waals surface area contributed by atoms with Gasteiger partial charge in [-0.1, -0.05) is 54.1 Å². The van der Waals surface area contributed by atoms with Gasteiger partial charge in [-0.05, 0) is 53.6 Å². The minimum atomic E-state index is -4.46. The second-order valence-corrected chi connectivity index (χ2v) is 8.70. The molecule has 0 saturated carbocycles. The molecular formula is C26H22ClF3N6O2. The van der Waals surface area contributed by atoms with Crippen molar-refractivity contribution in [1.82, 2.24) is 25.5 Å². The summed E-state index contributed by atoms with van der Waals surface area (Å²) in [6.07, 6.45) is -3.83. The van der Waals surface area contributed by atoms with Crippen LogP contribution in [0, 0.1) is 0 Å². The zero-order chi connectivity index (χ0) is 27.1. The Morgan fingerprint density at radius 3 is 2.29 bits per heavy atom. The lowest BCUT2D eigenvalue weighted by molar-refractivity contribution is -0.137. The number of hydrogen-bond acceptors (Lipinski definition) is 5. The molecule has 0 fully saturated rings. The second-order valence-electron chi connectivity index (χ2n) is 8.26. The first kappa shape index (κ1) is 26.8. The maximum atomic E-state index is 13.2. The topological polar surface area (TPSA) is 93.0 Å². The average molecular weight is 543 g/mol. The largest absolute Gasteiger partial charge is 0.416 e. The van der Waals surface area contributed by atoms with E-state index in [9.17, 15) is 22.8 Å². The second kappa shape index (κ2) is 11.9. The molecular weight excluding hydrogens is 521 g/mol. The maximum absolute atomic E-state index is 13.2. The van der Waals surface area contributed by atoms with Crippen molar-refractivity contribution in [2.45, 2.75) is 19.1 Å². The van der Waals surface area contributed by atoms with Gasteiger partial charge in [0.25, 0.3) is 5.91 Å². The van der Waals surface area contributed by atoms with E-state index in [1.165, 1.54) is 17.0 Å². The Labute approximate surface area is 221 Å². The smallest absolute Gasteiger partial charge is 0.354 e. The fraction of sp³-hybridized carbons (Fsp3) is 0.192. The molecule has 196 valence electrons. The highest BCUT2D eigenvalue weighted by Gasteiger charge is 2.30. The Morgan fingerprint density at radius 1 is 0.947 bits per heavy atom. The van der Waals surface area contributed by atoms with Gasteiger partial charge in [0.05, 0.1) is 5.56 Å². The predicted octanol–water partition coefficient (Wildman–Crippen LogP) is 4.40. The Balaban J connectivity index is 1.43. The molecule has 3 aromatic carbocycles. The van der Waals surface area contributed by atoms with Gasteiger partial charge >= 0.3 is 6.18 Å². The Bertz CT molecular complexity index is 1380. The number of nitrogens with one attached hydrogen (secondary N) is 1. The van der Waals surface area contributed by atoms with Gasteiger partial charge in [0.2, 0.25) is 11.7 Å². The number of hydrogen-bond donors (Lipinski definition) is 1. The summed E-state index contributed by atoms with van der Waals surface area (Å²) in [4.78, 5) is 28.1. The van der Waals surface area contributed by atoms with Gasteiger partial charge in [-0.2, -0.15) is 18.0 Å². The minimum Gasteiger partial charge on any atom is -0.354 e. The van der Waals surface area contributed by atoms with Gasteiger partial charge in [0.1, 0.15) is 13.1 Å². The van der Waals surface area contributed by atoms with Crippen molar-refractivity contribution in [3.05, 3.63) is 95.0 Å². The van der Waals surface area contributed by atoms with E-state index < -0.39 is 17.6 Å². The van der Waals surface area contributed by atoms with Crippen molar-refractivity contribution in [3.8, 4) is 11.4 Å². The normalized spacial score (nSPS) is 11.3. The summed E-state index contributed by atoms with van der Waals surface area (Å²) in [6.45, 7) is -0.212. The van der Waals surface area contributed by atoms with Crippen LogP contribution >= 0.6 is 11.6 Å². The number of alkyl halides is 3. The van der Waals surface area contributed by atoms with E-state index in [-0.39, 0.29) is 24.8 Å². The van der Waals surface area contributed by atoms with E-state index in [0.29, 0.717) is 29.2 Å². The molecule has 4 aromatic rings. The first-order chi connectivity index (χ1) is 18.2. The summed E-state index contributed by atoms with van der Waals surface area (Å²) in [5.41, 5.74) is 1.02. The number of aromatic nitrogens is 4. The maximum Gasteiger partial charge on any atom is 0.416 e. The Hall–Kier alpha value is -4.25. The molecule has 4 rings (SSSR count). The number of tetrazole rings is 1. The number of anilines is 1. The van der Waals surface area contributed by atoms with Crippen molar-refractivity contribution in [3.63, 3.8) is 0 Å². The highest BCUT2D eigenvalue weighted by molar-refractivity contribution is 6.30. The summed E-state index contributed by atoms with van der Waals surface area (Å²) >= 11 is 5.98. The molecule has 2 amide bonds. The van der Waals surface area contributed by atoms with E-state index >= 15 is 0 Å². The number of carbonyl (C=O) groups excluding carboxylic acids is 2. The number of amides is 2. The van der Waals surface area contributed by atoms with Crippen LogP contribution in [0.1, 0.15) is 11.1 Å².